The number of carbonyl (C=O) groups is 1. The number of carbonyl (C=O) groups excluding carboxylic acids is 1. The highest BCUT2D eigenvalue weighted by Crippen LogP contribution is 2.25. The second kappa shape index (κ2) is 7.38. The minimum Gasteiger partial charge on any atom is -0.464 e. The van der Waals surface area contributed by atoms with Gasteiger partial charge in [-0.05, 0) is 45.0 Å². The van der Waals surface area contributed by atoms with Crippen LogP contribution in [0.1, 0.15) is 25.6 Å². The maximum absolute atomic E-state index is 13.4. The van der Waals surface area contributed by atoms with Crippen molar-refractivity contribution in [2.24, 2.45) is 0 Å². The van der Waals surface area contributed by atoms with Crippen LogP contribution in [0.15, 0.2) is 59.7 Å². The molecule has 0 aliphatic carbocycles. The third-order valence-electron chi connectivity index (χ3n) is 4.73. The molecule has 0 saturated heterocycles. The van der Waals surface area contributed by atoms with Gasteiger partial charge in [-0.15, -0.1) is 0 Å². The predicted molar refractivity (Wildman–Crippen MR) is 109 cm³/mol. The van der Waals surface area contributed by atoms with Gasteiger partial charge in [-0.25, -0.2) is 14.2 Å². The lowest BCUT2D eigenvalue weighted by Crippen LogP contribution is -2.32. The number of aromatic nitrogens is 5. The summed E-state index contributed by atoms with van der Waals surface area (Å²) in [5.41, 5.74) is 1.47. The highest BCUT2D eigenvalue weighted by Gasteiger charge is 2.25. The van der Waals surface area contributed by atoms with Crippen molar-refractivity contribution in [1.82, 2.24) is 24.1 Å². The lowest BCUT2D eigenvalue weighted by Gasteiger charge is -2.13. The highest BCUT2D eigenvalue weighted by atomic mass is 16.5. The Morgan fingerprint density at radius 2 is 1.79 bits per heavy atom. The fraction of sp³-hybridized carbons (Fsp3) is 0.238. The van der Waals surface area contributed by atoms with Crippen LogP contribution in [0.2, 0.25) is 0 Å². The van der Waals surface area contributed by atoms with Crippen molar-refractivity contribution in [2.75, 3.05) is 6.61 Å². The third-order valence-corrected chi connectivity index (χ3v) is 4.73. The Morgan fingerprint density at radius 3 is 2.45 bits per heavy atom. The van der Waals surface area contributed by atoms with Crippen molar-refractivity contribution >= 4 is 16.9 Å². The average molecular weight is 391 g/mol. The van der Waals surface area contributed by atoms with Gasteiger partial charge >= 0.3 is 5.97 Å². The summed E-state index contributed by atoms with van der Waals surface area (Å²) in [7, 11) is 0. The van der Waals surface area contributed by atoms with Crippen LogP contribution < -0.4 is 5.56 Å². The van der Waals surface area contributed by atoms with Crippen LogP contribution in [0.3, 0.4) is 0 Å². The van der Waals surface area contributed by atoms with Gasteiger partial charge in [0.25, 0.3) is 5.56 Å². The van der Waals surface area contributed by atoms with Gasteiger partial charge in [0.1, 0.15) is 10.9 Å². The molecule has 0 bridgehead atoms. The fourth-order valence-corrected chi connectivity index (χ4v) is 3.32. The summed E-state index contributed by atoms with van der Waals surface area (Å²) in [4.78, 5) is 25.7. The molecule has 0 amide bonds. The molecule has 4 aromatic rings. The number of ether oxygens (including phenoxy) is 1. The number of esters is 1. The quantitative estimate of drug-likeness (QED) is 0.489. The lowest BCUT2D eigenvalue weighted by molar-refractivity contribution is -0.147. The summed E-state index contributed by atoms with van der Waals surface area (Å²) in [6, 6.07) is 12.5. The molecule has 4 rings (SSSR count). The van der Waals surface area contributed by atoms with Gasteiger partial charge < -0.3 is 9.30 Å². The van der Waals surface area contributed by atoms with Gasteiger partial charge in [0.2, 0.25) is 0 Å². The van der Waals surface area contributed by atoms with Crippen LogP contribution in [-0.4, -0.2) is 36.7 Å². The number of hydrogen-bond donors (Lipinski definition) is 0. The van der Waals surface area contributed by atoms with Crippen molar-refractivity contribution in [1.29, 1.82) is 0 Å². The number of aryl methyl sites for hydroxylation is 1. The Labute approximate surface area is 166 Å². The first-order chi connectivity index (χ1) is 14.0. The van der Waals surface area contributed by atoms with E-state index in [4.69, 9.17) is 4.74 Å². The van der Waals surface area contributed by atoms with E-state index in [1.807, 2.05) is 59.4 Å². The van der Waals surface area contributed by atoms with Crippen molar-refractivity contribution in [3.05, 3.63) is 70.9 Å². The van der Waals surface area contributed by atoms with Crippen LogP contribution in [0, 0.1) is 6.92 Å². The maximum Gasteiger partial charge on any atom is 0.330 e. The average Bonchev–Trinajstić information content (AvgIpc) is 3.38. The van der Waals surface area contributed by atoms with Crippen molar-refractivity contribution in [3.8, 4) is 11.5 Å². The van der Waals surface area contributed by atoms with E-state index in [2.05, 4.69) is 10.2 Å². The molecular formula is C21H21N5O3. The summed E-state index contributed by atoms with van der Waals surface area (Å²) in [6.07, 6.45) is 3.70. The molecule has 29 heavy (non-hydrogen) atoms. The molecule has 0 radical (unpaired) electrons. The van der Waals surface area contributed by atoms with Crippen molar-refractivity contribution in [2.45, 2.75) is 26.8 Å². The molecule has 0 aliphatic rings. The molecule has 0 fully saturated rings. The fourth-order valence-electron chi connectivity index (χ4n) is 3.32. The number of hydrogen-bond acceptors (Lipinski definition) is 5. The van der Waals surface area contributed by atoms with Gasteiger partial charge in [0.05, 0.1) is 18.0 Å². The van der Waals surface area contributed by atoms with Crippen molar-refractivity contribution < 1.29 is 9.53 Å². The first kappa shape index (κ1) is 18.7. The normalized spacial score (nSPS) is 12.2. The zero-order valence-electron chi connectivity index (χ0n) is 16.4. The SMILES string of the molecule is CCOC(=O)C(C)n1nc(C)c2nn(-c3ccccc3)c(-n3cccc3)c2c1=O. The van der Waals surface area contributed by atoms with Crippen LogP contribution in [-0.2, 0) is 9.53 Å². The second-order valence-electron chi connectivity index (χ2n) is 6.65. The Balaban J connectivity index is 2.05. The van der Waals surface area contributed by atoms with Gasteiger partial charge in [0.15, 0.2) is 11.9 Å². The summed E-state index contributed by atoms with van der Waals surface area (Å²) in [5, 5.41) is 9.43. The number of para-hydroxylation sites is 1. The minimum absolute atomic E-state index is 0.236. The Kier molecular flexibility index (Phi) is 4.75. The zero-order valence-corrected chi connectivity index (χ0v) is 16.4. The third kappa shape index (κ3) is 3.12. The van der Waals surface area contributed by atoms with Crippen LogP contribution in [0.5, 0.6) is 0 Å². The molecule has 1 atom stereocenters. The number of fused-ring (bicyclic) bond motifs is 1. The molecule has 1 unspecified atom stereocenters. The minimum atomic E-state index is -0.844. The van der Waals surface area contributed by atoms with Gasteiger partial charge in [0, 0.05) is 12.4 Å². The first-order valence-corrected chi connectivity index (χ1v) is 9.40. The van der Waals surface area contributed by atoms with E-state index in [-0.39, 0.29) is 6.61 Å². The lowest BCUT2D eigenvalue weighted by atomic mass is 10.2. The largest absolute Gasteiger partial charge is 0.464 e. The van der Waals surface area contributed by atoms with E-state index in [0.717, 1.165) is 5.69 Å². The number of benzene rings is 1. The van der Waals surface area contributed by atoms with Crippen LogP contribution in [0.4, 0.5) is 0 Å². The van der Waals surface area contributed by atoms with E-state index in [9.17, 15) is 9.59 Å². The van der Waals surface area contributed by atoms with Gasteiger partial charge in [-0.3, -0.25) is 4.79 Å². The van der Waals surface area contributed by atoms with Gasteiger partial charge in [-0.1, -0.05) is 18.2 Å². The maximum atomic E-state index is 13.4. The second-order valence-corrected chi connectivity index (χ2v) is 6.65. The van der Waals surface area contributed by atoms with E-state index >= 15 is 0 Å². The molecule has 0 saturated carbocycles. The zero-order chi connectivity index (χ0) is 20.5. The summed E-state index contributed by atoms with van der Waals surface area (Å²) < 4.78 is 9.82. The molecule has 1 aromatic carbocycles. The van der Waals surface area contributed by atoms with E-state index < -0.39 is 17.6 Å². The van der Waals surface area contributed by atoms with Crippen LogP contribution in [0.25, 0.3) is 22.4 Å². The van der Waals surface area contributed by atoms with Gasteiger partial charge in [-0.2, -0.15) is 10.2 Å². The summed E-state index contributed by atoms with van der Waals surface area (Å²) in [6.45, 7) is 5.34. The smallest absolute Gasteiger partial charge is 0.330 e. The molecule has 0 spiro atoms. The molecule has 3 aromatic heterocycles. The molecular weight excluding hydrogens is 370 g/mol. The Bertz CT molecular complexity index is 1220. The first-order valence-electron chi connectivity index (χ1n) is 9.40. The summed E-state index contributed by atoms with van der Waals surface area (Å²) in [5.74, 6) is 0.0929. The highest BCUT2D eigenvalue weighted by molar-refractivity contribution is 5.88. The van der Waals surface area contributed by atoms with E-state index in [1.54, 1.807) is 25.5 Å². The molecule has 8 nitrogen and oxygen atoms in total. The monoisotopic (exact) mass is 391 g/mol. The topological polar surface area (TPSA) is 83.9 Å². The van der Waals surface area contributed by atoms with E-state index in [1.165, 1.54) is 4.68 Å². The standard InChI is InChI=1S/C21H21N5O3/c1-4-29-21(28)15(3)25-20(27)17-18(14(2)22-25)23-26(16-10-6-5-7-11-16)19(17)24-12-8-9-13-24/h5-13,15H,4H2,1-3H3. The molecule has 0 aliphatic heterocycles. The number of rotatable bonds is 5. The molecule has 148 valence electrons. The number of nitrogens with zero attached hydrogens (tertiary/aromatic N) is 5. The molecule has 3 heterocycles. The predicted octanol–water partition coefficient (Wildman–Crippen LogP) is 2.81. The van der Waals surface area contributed by atoms with E-state index in [0.29, 0.717) is 22.4 Å². The molecule has 0 N–H and O–H groups in total. The molecule has 8 heteroatoms. The summed E-state index contributed by atoms with van der Waals surface area (Å²) >= 11 is 0. The Hall–Kier alpha value is -3.68. The Morgan fingerprint density at radius 1 is 1.10 bits per heavy atom. The van der Waals surface area contributed by atoms with Crippen LogP contribution >= 0.6 is 0 Å². The van der Waals surface area contributed by atoms with Crippen molar-refractivity contribution in [3.63, 3.8) is 0 Å².